The Morgan fingerprint density at radius 2 is 1.67 bits per heavy atom. The van der Waals surface area contributed by atoms with Crippen molar-refractivity contribution in [2.45, 2.75) is 71.3 Å². The zero-order valence-corrected chi connectivity index (χ0v) is 13.1. The average Bonchev–Trinajstić information content (AvgIpc) is 2.60. The highest BCUT2D eigenvalue weighted by Crippen LogP contribution is 2.45. The molecule has 21 heavy (non-hydrogen) atoms. The number of nitrogens with zero attached hydrogens (tertiary/aromatic N) is 1. The summed E-state index contributed by atoms with van der Waals surface area (Å²) in [5, 5.41) is 9.77. The summed E-state index contributed by atoms with van der Waals surface area (Å²) in [4.78, 5) is 38.4. The molecule has 1 atom stereocenters. The number of likely N-dealkylation sites (tertiary alicyclic amines) is 1. The Labute approximate surface area is 125 Å². The fourth-order valence-electron chi connectivity index (χ4n) is 3.57. The number of hydrogen-bond acceptors (Lipinski definition) is 3. The summed E-state index contributed by atoms with van der Waals surface area (Å²) in [6.45, 7) is 5.61. The third-order valence-electron chi connectivity index (χ3n) is 5.49. The Hall–Kier alpha value is -1.39. The van der Waals surface area contributed by atoms with Crippen LogP contribution in [0.15, 0.2) is 0 Å². The smallest absolute Gasteiger partial charge is 0.330 e. The molecule has 1 N–H and O–H groups in total. The highest BCUT2D eigenvalue weighted by atomic mass is 16.4. The van der Waals surface area contributed by atoms with Crippen LogP contribution in [0, 0.1) is 11.3 Å². The van der Waals surface area contributed by atoms with Crippen LogP contribution in [-0.2, 0) is 14.4 Å². The number of carbonyl (C=O) groups is 3. The van der Waals surface area contributed by atoms with Gasteiger partial charge in [0.2, 0.25) is 11.8 Å². The Morgan fingerprint density at radius 1 is 1.14 bits per heavy atom. The molecule has 2 rings (SSSR count). The Kier molecular flexibility index (Phi) is 4.13. The molecule has 0 spiro atoms. The van der Waals surface area contributed by atoms with E-state index in [9.17, 15) is 19.5 Å². The summed E-state index contributed by atoms with van der Waals surface area (Å²) in [6.07, 6.45) is 4.32. The van der Waals surface area contributed by atoms with E-state index in [1.807, 2.05) is 13.8 Å². The topological polar surface area (TPSA) is 74.7 Å². The van der Waals surface area contributed by atoms with Crippen LogP contribution < -0.4 is 0 Å². The maximum Gasteiger partial charge on any atom is 0.330 e. The van der Waals surface area contributed by atoms with Gasteiger partial charge in [0.25, 0.3) is 0 Å². The van der Waals surface area contributed by atoms with Crippen LogP contribution in [0.2, 0.25) is 0 Å². The number of hydrogen-bond donors (Lipinski definition) is 1. The molecule has 0 bridgehead atoms. The van der Waals surface area contributed by atoms with Crippen molar-refractivity contribution in [3.05, 3.63) is 0 Å². The molecular formula is C16H25NO4. The third-order valence-corrected chi connectivity index (χ3v) is 5.49. The average molecular weight is 295 g/mol. The van der Waals surface area contributed by atoms with Crippen molar-refractivity contribution < 1.29 is 19.5 Å². The van der Waals surface area contributed by atoms with Crippen LogP contribution in [0.3, 0.4) is 0 Å². The number of carbonyl (C=O) groups excluding carboxylic acids is 2. The van der Waals surface area contributed by atoms with Gasteiger partial charge in [-0.25, -0.2) is 4.79 Å². The van der Waals surface area contributed by atoms with Crippen molar-refractivity contribution in [3.8, 4) is 0 Å². The second kappa shape index (κ2) is 5.43. The predicted molar refractivity (Wildman–Crippen MR) is 77.5 cm³/mol. The van der Waals surface area contributed by atoms with E-state index < -0.39 is 16.9 Å². The second-order valence-electron chi connectivity index (χ2n) is 7.03. The second-order valence-corrected chi connectivity index (χ2v) is 7.03. The van der Waals surface area contributed by atoms with E-state index in [4.69, 9.17) is 0 Å². The van der Waals surface area contributed by atoms with Crippen molar-refractivity contribution in [2.24, 2.45) is 11.3 Å². The largest absolute Gasteiger partial charge is 0.479 e. The lowest BCUT2D eigenvalue weighted by Crippen LogP contribution is -2.58. The van der Waals surface area contributed by atoms with E-state index in [1.165, 1.54) is 0 Å². The first kappa shape index (κ1) is 16.0. The predicted octanol–water partition coefficient (Wildman–Crippen LogP) is 2.59. The van der Waals surface area contributed by atoms with E-state index in [0.717, 1.165) is 30.6 Å². The molecule has 2 aliphatic rings. The first-order valence-corrected chi connectivity index (χ1v) is 7.86. The number of amides is 2. The van der Waals surface area contributed by atoms with Gasteiger partial charge >= 0.3 is 5.97 Å². The molecule has 1 saturated heterocycles. The van der Waals surface area contributed by atoms with Crippen LogP contribution >= 0.6 is 0 Å². The van der Waals surface area contributed by atoms with Gasteiger partial charge in [-0.1, -0.05) is 39.5 Å². The summed E-state index contributed by atoms with van der Waals surface area (Å²) >= 11 is 0. The highest BCUT2D eigenvalue weighted by molar-refractivity contribution is 6.09. The van der Waals surface area contributed by atoms with Gasteiger partial charge in [-0.15, -0.1) is 0 Å². The van der Waals surface area contributed by atoms with E-state index in [0.29, 0.717) is 12.8 Å². The van der Waals surface area contributed by atoms with Crippen LogP contribution in [0.1, 0.15) is 65.7 Å². The van der Waals surface area contributed by atoms with Crippen LogP contribution in [-0.4, -0.2) is 33.3 Å². The molecule has 1 unspecified atom stereocenters. The monoisotopic (exact) mass is 295 g/mol. The Bertz CT molecular complexity index is 463. The van der Waals surface area contributed by atoms with Crippen molar-refractivity contribution >= 4 is 17.8 Å². The molecule has 0 aromatic heterocycles. The molecule has 1 aliphatic carbocycles. The fourth-order valence-corrected chi connectivity index (χ4v) is 3.57. The fraction of sp³-hybridized carbons (Fsp3) is 0.812. The quantitative estimate of drug-likeness (QED) is 0.641. The Balaban J connectivity index is 2.44. The summed E-state index contributed by atoms with van der Waals surface area (Å²) in [6, 6.07) is 0. The SMILES string of the molecule is CC(C)C1(C)CC(=O)N(C2(C(=O)O)CCCCCC2)C1=O. The maximum absolute atomic E-state index is 12.8. The molecule has 0 radical (unpaired) electrons. The van der Waals surface area contributed by atoms with Crippen molar-refractivity contribution in [1.29, 1.82) is 0 Å². The minimum absolute atomic E-state index is 0.00979. The summed E-state index contributed by atoms with van der Waals surface area (Å²) in [5.41, 5.74) is -2.09. The van der Waals surface area contributed by atoms with E-state index in [1.54, 1.807) is 6.92 Å². The van der Waals surface area contributed by atoms with Gasteiger partial charge < -0.3 is 5.11 Å². The first-order chi connectivity index (χ1) is 9.75. The highest BCUT2D eigenvalue weighted by Gasteiger charge is 2.59. The lowest BCUT2D eigenvalue weighted by Gasteiger charge is -2.37. The number of carboxylic acids is 1. The minimum atomic E-state index is -1.32. The van der Waals surface area contributed by atoms with Gasteiger partial charge in [-0.2, -0.15) is 0 Å². The van der Waals surface area contributed by atoms with Gasteiger partial charge in [-0.05, 0) is 25.7 Å². The first-order valence-electron chi connectivity index (χ1n) is 7.86. The number of carboxylic acid groups (broad SMARTS) is 1. The summed E-state index contributed by atoms with van der Waals surface area (Å²) < 4.78 is 0. The summed E-state index contributed by atoms with van der Waals surface area (Å²) in [5.74, 6) is -1.64. The lowest BCUT2D eigenvalue weighted by molar-refractivity contribution is -0.165. The Morgan fingerprint density at radius 3 is 2.05 bits per heavy atom. The van der Waals surface area contributed by atoms with Crippen molar-refractivity contribution in [3.63, 3.8) is 0 Å². The summed E-state index contributed by atoms with van der Waals surface area (Å²) in [7, 11) is 0. The normalized spacial score (nSPS) is 29.8. The van der Waals surface area contributed by atoms with Crippen LogP contribution in [0.4, 0.5) is 0 Å². The number of rotatable bonds is 3. The molecule has 1 saturated carbocycles. The van der Waals surface area contributed by atoms with E-state index in [-0.39, 0.29) is 24.2 Å². The molecule has 1 heterocycles. The third kappa shape index (κ3) is 2.36. The van der Waals surface area contributed by atoms with Crippen molar-refractivity contribution in [2.75, 3.05) is 0 Å². The van der Waals surface area contributed by atoms with Crippen LogP contribution in [0.25, 0.3) is 0 Å². The number of aliphatic carboxylic acids is 1. The molecule has 2 fully saturated rings. The molecule has 0 aromatic carbocycles. The van der Waals surface area contributed by atoms with E-state index in [2.05, 4.69) is 0 Å². The molecule has 1 aliphatic heterocycles. The van der Waals surface area contributed by atoms with Gasteiger partial charge in [0, 0.05) is 6.42 Å². The van der Waals surface area contributed by atoms with Gasteiger partial charge in [0.1, 0.15) is 5.54 Å². The molecule has 118 valence electrons. The lowest BCUT2D eigenvalue weighted by atomic mass is 9.77. The van der Waals surface area contributed by atoms with Crippen LogP contribution in [0.5, 0.6) is 0 Å². The minimum Gasteiger partial charge on any atom is -0.479 e. The maximum atomic E-state index is 12.8. The van der Waals surface area contributed by atoms with Gasteiger partial charge in [-0.3, -0.25) is 14.5 Å². The van der Waals surface area contributed by atoms with Gasteiger partial charge in [0.15, 0.2) is 0 Å². The number of imide groups is 1. The van der Waals surface area contributed by atoms with Gasteiger partial charge in [0.05, 0.1) is 5.41 Å². The van der Waals surface area contributed by atoms with Crippen molar-refractivity contribution in [1.82, 2.24) is 4.90 Å². The molecular weight excluding hydrogens is 270 g/mol. The zero-order valence-electron chi connectivity index (χ0n) is 13.1. The molecule has 5 nitrogen and oxygen atoms in total. The standard InChI is InChI=1S/C16H25NO4/c1-11(2)15(3)10-12(18)17(13(15)19)16(14(20)21)8-6-4-5-7-9-16/h11H,4-10H2,1-3H3,(H,20,21). The molecule has 0 aromatic rings. The molecule has 2 amide bonds. The molecule has 5 heteroatoms. The zero-order chi connectivity index (χ0) is 15.8. The van der Waals surface area contributed by atoms with E-state index >= 15 is 0 Å².